The van der Waals surface area contributed by atoms with Gasteiger partial charge in [0, 0.05) is 35.4 Å². The summed E-state index contributed by atoms with van der Waals surface area (Å²) in [6.45, 7) is 4.52. The van der Waals surface area contributed by atoms with E-state index in [1.165, 1.54) is 0 Å². The van der Waals surface area contributed by atoms with Crippen molar-refractivity contribution in [3.05, 3.63) is 47.4 Å². The minimum Gasteiger partial charge on any atom is -0.346 e. The van der Waals surface area contributed by atoms with Crippen molar-refractivity contribution in [2.45, 2.75) is 76.5 Å². The molecular formula is C26H29ClN4O5. The van der Waals surface area contributed by atoms with Crippen LogP contribution in [0.4, 0.5) is 0 Å². The molecule has 0 radical (unpaired) electrons. The van der Waals surface area contributed by atoms with Crippen molar-refractivity contribution < 1.29 is 24.0 Å². The van der Waals surface area contributed by atoms with Crippen molar-refractivity contribution in [3.63, 3.8) is 0 Å². The zero-order valence-corrected chi connectivity index (χ0v) is 21.1. The molecule has 2 aromatic heterocycles. The van der Waals surface area contributed by atoms with Gasteiger partial charge in [-0.15, -0.1) is 5.10 Å². The Bertz CT molecular complexity index is 1300. The number of hydrogen-bond donors (Lipinski definition) is 0. The molecule has 5 aliphatic rings. The van der Waals surface area contributed by atoms with Crippen LogP contribution in [0.25, 0.3) is 16.6 Å². The summed E-state index contributed by atoms with van der Waals surface area (Å²) in [7, 11) is 0. The molecule has 8 rings (SSSR count). The van der Waals surface area contributed by atoms with E-state index in [1.54, 1.807) is 10.9 Å². The Kier molecular flexibility index (Phi) is 5.40. The maximum absolute atomic E-state index is 6.40. The van der Waals surface area contributed by atoms with E-state index >= 15 is 0 Å². The second-order valence-electron chi connectivity index (χ2n) is 10.8. The Hall–Kier alpha value is -2.14. The lowest BCUT2D eigenvalue weighted by Crippen LogP contribution is -2.68. The van der Waals surface area contributed by atoms with E-state index in [1.807, 2.05) is 37.4 Å². The van der Waals surface area contributed by atoms with Gasteiger partial charge in [-0.2, -0.15) is 0 Å². The van der Waals surface area contributed by atoms with Crippen molar-refractivity contribution in [2.24, 2.45) is 17.8 Å². The average Bonchev–Trinajstić information content (AvgIpc) is 3.23. The van der Waals surface area contributed by atoms with Crippen LogP contribution in [0.3, 0.4) is 0 Å². The van der Waals surface area contributed by atoms with Gasteiger partial charge in [-0.25, -0.2) is 14.5 Å². The Balaban J connectivity index is 1.09. The first-order valence-electron chi connectivity index (χ1n) is 12.7. The van der Waals surface area contributed by atoms with Crippen molar-refractivity contribution in [2.75, 3.05) is 0 Å². The molecule has 2 bridgehead atoms. The van der Waals surface area contributed by atoms with Gasteiger partial charge in [-0.1, -0.05) is 23.7 Å². The van der Waals surface area contributed by atoms with Gasteiger partial charge < -0.3 is 14.2 Å². The minimum atomic E-state index is -0.792. The molecule has 190 valence electrons. The first-order chi connectivity index (χ1) is 17.4. The highest BCUT2D eigenvalue weighted by molar-refractivity contribution is 6.31. The molecule has 9 nitrogen and oxygen atoms in total. The van der Waals surface area contributed by atoms with E-state index in [2.05, 4.69) is 22.2 Å². The maximum Gasteiger partial charge on any atom is 0.201 e. The summed E-state index contributed by atoms with van der Waals surface area (Å²) in [5.74, 6) is 0.333. The van der Waals surface area contributed by atoms with Crippen LogP contribution in [-0.2, 0) is 30.6 Å². The van der Waals surface area contributed by atoms with Gasteiger partial charge in [-0.05, 0) is 62.3 Å². The molecule has 1 aromatic carbocycles. The second kappa shape index (κ2) is 8.44. The van der Waals surface area contributed by atoms with Crippen LogP contribution in [-0.4, -0.2) is 43.9 Å². The molecule has 1 saturated carbocycles. The predicted octanol–water partition coefficient (Wildman–Crippen LogP) is 4.95. The predicted molar refractivity (Wildman–Crippen MR) is 129 cm³/mol. The van der Waals surface area contributed by atoms with Crippen LogP contribution in [0.2, 0.25) is 5.02 Å². The van der Waals surface area contributed by atoms with Crippen molar-refractivity contribution >= 4 is 22.5 Å². The van der Waals surface area contributed by atoms with Gasteiger partial charge in [0.2, 0.25) is 5.79 Å². The Morgan fingerprint density at radius 3 is 3.03 bits per heavy atom. The van der Waals surface area contributed by atoms with E-state index in [0.717, 1.165) is 48.7 Å². The Morgan fingerprint density at radius 2 is 2.11 bits per heavy atom. The fourth-order valence-electron chi connectivity index (χ4n) is 6.64. The van der Waals surface area contributed by atoms with Gasteiger partial charge in [0.05, 0.1) is 24.0 Å². The van der Waals surface area contributed by atoms with E-state index < -0.39 is 24.0 Å². The van der Waals surface area contributed by atoms with Crippen LogP contribution in [0.1, 0.15) is 51.6 Å². The molecular weight excluding hydrogens is 484 g/mol. The first kappa shape index (κ1) is 23.0. The van der Waals surface area contributed by atoms with E-state index in [0.29, 0.717) is 22.6 Å². The number of halogens is 1. The fraction of sp³-hybridized carbons (Fsp3) is 0.577. The molecule has 4 aliphatic heterocycles. The van der Waals surface area contributed by atoms with Crippen molar-refractivity contribution in [1.29, 1.82) is 0 Å². The van der Waals surface area contributed by atoms with Crippen molar-refractivity contribution in [3.8, 4) is 5.69 Å². The third-order valence-electron chi connectivity index (χ3n) is 8.51. The third kappa shape index (κ3) is 3.60. The van der Waals surface area contributed by atoms with Crippen LogP contribution in [0.15, 0.2) is 36.7 Å². The molecule has 0 amide bonds. The Morgan fingerprint density at radius 1 is 1.19 bits per heavy atom. The van der Waals surface area contributed by atoms with Crippen LogP contribution < -0.4 is 0 Å². The zero-order valence-electron chi connectivity index (χ0n) is 20.3. The summed E-state index contributed by atoms with van der Waals surface area (Å²) >= 11 is 6.13. The lowest BCUT2D eigenvalue weighted by molar-refractivity contribution is -0.573. The number of aromatic nitrogens is 4. The first-order valence-corrected chi connectivity index (χ1v) is 13.1. The number of rotatable bonds is 4. The standard InChI is InChI=1S/C26H29ClN4O5/c1-15-3-4-16-11-23(33-24-26(16)20(15)7-9-25(2,34-24)35-36-26)32-14-18-13-31(30-29-18)22-8-10-28-21-12-17(27)5-6-19(21)22/h5-6,8,10,12-13,15-16,20,23-24H,3-4,7,9,11,14H2,1-2H3/t15-,16+,20+,23+,24-,25-,26+/m1/s1. The molecule has 3 aromatic rings. The summed E-state index contributed by atoms with van der Waals surface area (Å²) in [5, 5.41) is 10.2. The van der Waals surface area contributed by atoms with E-state index in [4.69, 9.17) is 35.6 Å². The summed E-state index contributed by atoms with van der Waals surface area (Å²) in [5.41, 5.74) is 1.82. The van der Waals surface area contributed by atoms with E-state index in [-0.39, 0.29) is 12.5 Å². The highest BCUT2D eigenvalue weighted by Crippen LogP contribution is 2.59. The average molecular weight is 513 g/mol. The summed E-state index contributed by atoms with van der Waals surface area (Å²) in [6, 6.07) is 7.52. The van der Waals surface area contributed by atoms with Gasteiger partial charge >= 0.3 is 0 Å². The number of hydrogen-bond acceptors (Lipinski definition) is 8. The van der Waals surface area contributed by atoms with Crippen LogP contribution in [0, 0.1) is 17.8 Å². The molecule has 1 aliphatic carbocycles. The fourth-order valence-corrected chi connectivity index (χ4v) is 6.80. The molecule has 0 N–H and O–H groups in total. The second-order valence-corrected chi connectivity index (χ2v) is 11.2. The maximum atomic E-state index is 6.40. The summed E-state index contributed by atoms with van der Waals surface area (Å²) in [4.78, 5) is 16.4. The number of fused-ring (bicyclic) bond motifs is 3. The molecule has 6 heterocycles. The monoisotopic (exact) mass is 512 g/mol. The normalized spacial score (nSPS) is 37.6. The van der Waals surface area contributed by atoms with Gasteiger partial charge in [-0.3, -0.25) is 4.98 Å². The highest BCUT2D eigenvalue weighted by atomic mass is 35.5. The van der Waals surface area contributed by atoms with Gasteiger partial charge in [0.15, 0.2) is 18.2 Å². The molecule has 4 saturated heterocycles. The van der Waals surface area contributed by atoms with Crippen LogP contribution >= 0.6 is 11.6 Å². The van der Waals surface area contributed by atoms with Gasteiger partial charge in [0.1, 0.15) is 5.69 Å². The summed E-state index contributed by atoms with van der Waals surface area (Å²) in [6.07, 6.45) is 7.41. The lowest BCUT2D eigenvalue weighted by atomic mass is 9.60. The molecule has 0 unspecified atom stereocenters. The zero-order chi connectivity index (χ0) is 24.5. The summed E-state index contributed by atoms with van der Waals surface area (Å²) < 4.78 is 20.7. The lowest BCUT2D eigenvalue weighted by Gasteiger charge is -2.58. The third-order valence-corrected chi connectivity index (χ3v) is 8.75. The molecule has 10 heteroatoms. The molecule has 5 fully saturated rings. The molecule has 1 spiro atoms. The molecule has 36 heavy (non-hydrogen) atoms. The Labute approximate surface area is 213 Å². The number of pyridine rings is 1. The minimum absolute atomic E-state index is 0.246. The van der Waals surface area contributed by atoms with Crippen LogP contribution in [0.5, 0.6) is 0 Å². The van der Waals surface area contributed by atoms with Gasteiger partial charge in [0.25, 0.3) is 0 Å². The molecule has 7 atom stereocenters. The van der Waals surface area contributed by atoms with Crippen molar-refractivity contribution in [1.82, 2.24) is 20.0 Å². The number of benzene rings is 1. The quantitative estimate of drug-likeness (QED) is 0.454. The number of nitrogens with zero attached hydrogens (tertiary/aromatic N) is 4. The topological polar surface area (TPSA) is 89.8 Å². The highest BCUT2D eigenvalue weighted by Gasteiger charge is 2.67. The SMILES string of the molecule is C[C@@H]1CC[C@H]2C[C@@H](OCc3cn(-c4ccnc5cc(Cl)ccc45)nn3)O[C@@H]3O[C@@]4(C)CC[C@@H]1[C@@]23OO4. The largest absolute Gasteiger partial charge is 0.346 e. The smallest absolute Gasteiger partial charge is 0.201 e. The number of ether oxygens (including phenoxy) is 3. The van der Waals surface area contributed by atoms with E-state index in [9.17, 15) is 0 Å².